The molecule has 2 atom stereocenters. The first kappa shape index (κ1) is 20.8. The summed E-state index contributed by atoms with van der Waals surface area (Å²) in [4.78, 5) is 29.8. The van der Waals surface area contributed by atoms with Gasteiger partial charge in [0.15, 0.2) is 0 Å². The molecule has 4 rings (SSSR count). The molecule has 2 aliphatic heterocycles. The van der Waals surface area contributed by atoms with Gasteiger partial charge in [-0.25, -0.2) is 9.18 Å². The number of carbonyl (C=O) groups excluding carboxylic acids is 2. The minimum atomic E-state index is -0.487. The number of nitrogens with one attached hydrogen (secondary N) is 2. The minimum Gasteiger partial charge on any atom is -0.442 e. The molecule has 0 saturated carbocycles. The van der Waals surface area contributed by atoms with Gasteiger partial charge in [0.2, 0.25) is 5.91 Å². The zero-order valence-electron chi connectivity index (χ0n) is 16.8. The van der Waals surface area contributed by atoms with Crippen LogP contribution in [0.2, 0.25) is 0 Å². The van der Waals surface area contributed by atoms with E-state index in [0.717, 1.165) is 0 Å². The Morgan fingerprint density at radius 1 is 1.26 bits per heavy atom. The first-order valence-electron chi connectivity index (χ1n) is 9.82. The molecule has 1 saturated heterocycles. The van der Waals surface area contributed by atoms with Crippen molar-refractivity contribution >= 4 is 23.4 Å². The predicted octanol–water partition coefficient (Wildman–Crippen LogP) is 2.19. The van der Waals surface area contributed by atoms with Crippen molar-refractivity contribution in [2.24, 2.45) is 0 Å². The van der Waals surface area contributed by atoms with Crippen LogP contribution < -0.4 is 15.7 Å². The number of halogens is 1. The van der Waals surface area contributed by atoms with Gasteiger partial charge in [-0.3, -0.25) is 20.0 Å². The molecule has 8 nitrogen and oxygen atoms in total. The second-order valence-electron chi connectivity index (χ2n) is 7.32. The third-order valence-electron chi connectivity index (χ3n) is 5.08. The summed E-state index contributed by atoms with van der Waals surface area (Å²) in [6.07, 6.45) is 0.325. The highest BCUT2D eigenvalue weighted by molar-refractivity contribution is 5.90. The summed E-state index contributed by atoms with van der Waals surface area (Å²) >= 11 is 0. The zero-order valence-corrected chi connectivity index (χ0v) is 16.8. The molecule has 2 aliphatic rings. The van der Waals surface area contributed by atoms with Gasteiger partial charge in [0.1, 0.15) is 18.0 Å². The van der Waals surface area contributed by atoms with Crippen molar-refractivity contribution in [3.63, 3.8) is 0 Å². The molecule has 2 heterocycles. The number of ether oxygens (including phenoxy) is 1. The highest BCUT2D eigenvalue weighted by Crippen LogP contribution is 2.29. The molecule has 31 heavy (non-hydrogen) atoms. The average molecular weight is 427 g/mol. The van der Waals surface area contributed by atoms with Crippen LogP contribution in [0.5, 0.6) is 0 Å². The third kappa shape index (κ3) is 4.52. The van der Waals surface area contributed by atoms with Crippen molar-refractivity contribution in [1.29, 1.82) is 0 Å². The molecular formula is C22H22FN3O5. The molecule has 2 aromatic rings. The van der Waals surface area contributed by atoms with Crippen LogP contribution in [0.3, 0.4) is 0 Å². The number of aliphatic hydroxyl groups is 1. The second-order valence-corrected chi connectivity index (χ2v) is 7.32. The largest absolute Gasteiger partial charge is 0.442 e. The van der Waals surface area contributed by atoms with Gasteiger partial charge in [0.25, 0.3) is 0 Å². The van der Waals surface area contributed by atoms with Crippen LogP contribution in [0.1, 0.15) is 12.5 Å². The molecule has 2 amide bonds. The Balaban J connectivity index is 1.47. The lowest BCUT2D eigenvalue weighted by Gasteiger charge is -2.14. The van der Waals surface area contributed by atoms with E-state index in [1.807, 2.05) is 0 Å². The maximum absolute atomic E-state index is 14.8. The Kier molecular flexibility index (Phi) is 5.88. The molecule has 1 fully saturated rings. The maximum Gasteiger partial charge on any atom is 0.414 e. The molecule has 0 bridgehead atoms. The molecule has 2 aromatic carbocycles. The first-order valence-corrected chi connectivity index (χ1v) is 9.82. The normalized spacial score (nSPS) is 20.3. The Morgan fingerprint density at radius 2 is 2.00 bits per heavy atom. The number of cyclic esters (lactones) is 1. The Bertz CT molecular complexity index is 1020. The van der Waals surface area contributed by atoms with E-state index < -0.39 is 24.1 Å². The van der Waals surface area contributed by atoms with Crippen LogP contribution in [-0.4, -0.2) is 49.0 Å². The standard InChI is InChI=1S/C22H22FN3O5/c1-13(28)24-10-18-11-26(22(29)30-18)16-5-2-14(3-6-16)19-7-4-15(8-20(19)23)21-9-17(12-27)31-25-21/h2-9,17-18,25,27H,10-12H2,1H3,(H,24,28)/t17?,18-/m0/s1. The maximum atomic E-state index is 14.8. The summed E-state index contributed by atoms with van der Waals surface area (Å²) in [6, 6.07) is 11.8. The molecule has 3 N–H and O–H groups in total. The van der Waals surface area contributed by atoms with Crippen molar-refractivity contribution in [1.82, 2.24) is 10.8 Å². The van der Waals surface area contributed by atoms with Crippen LogP contribution >= 0.6 is 0 Å². The molecular weight excluding hydrogens is 405 g/mol. The van der Waals surface area contributed by atoms with Gasteiger partial charge < -0.3 is 15.2 Å². The number of hydroxylamine groups is 1. The summed E-state index contributed by atoms with van der Waals surface area (Å²) in [7, 11) is 0. The molecule has 0 radical (unpaired) electrons. The van der Waals surface area contributed by atoms with Gasteiger partial charge in [-0.2, -0.15) is 0 Å². The number of nitrogens with zero attached hydrogens (tertiary/aromatic N) is 1. The number of hydrogen-bond acceptors (Lipinski definition) is 6. The van der Waals surface area contributed by atoms with Crippen LogP contribution in [0, 0.1) is 5.82 Å². The van der Waals surface area contributed by atoms with Crippen molar-refractivity contribution in [3.05, 3.63) is 59.9 Å². The quantitative estimate of drug-likeness (QED) is 0.654. The van der Waals surface area contributed by atoms with E-state index in [2.05, 4.69) is 10.8 Å². The van der Waals surface area contributed by atoms with Gasteiger partial charge in [-0.15, -0.1) is 0 Å². The summed E-state index contributed by atoms with van der Waals surface area (Å²) in [5.74, 6) is -0.594. The topological polar surface area (TPSA) is 100 Å². The average Bonchev–Trinajstić information content (AvgIpc) is 3.39. The Morgan fingerprint density at radius 3 is 2.65 bits per heavy atom. The summed E-state index contributed by atoms with van der Waals surface area (Å²) < 4.78 is 20.0. The van der Waals surface area contributed by atoms with Gasteiger partial charge in [0, 0.05) is 23.7 Å². The fourth-order valence-corrected chi connectivity index (χ4v) is 3.47. The van der Waals surface area contributed by atoms with E-state index in [-0.39, 0.29) is 19.1 Å². The third-order valence-corrected chi connectivity index (χ3v) is 5.08. The smallest absolute Gasteiger partial charge is 0.414 e. The molecule has 1 unspecified atom stereocenters. The molecule has 9 heteroatoms. The van der Waals surface area contributed by atoms with E-state index in [4.69, 9.17) is 14.7 Å². The first-order chi connectivity index (χ1) is 14.9. The lowest BCUT2D eigenvalue weighted by atomic mass is 10.0. The number of rotatable bonds is 6. The van der Waals surface area contributed by atoms with E-state index in [1.165, 1.54) is 17.9 Å². The lowest BCUT2D eigenvalue weighted by molar-refractivity contribution is -0.119. The number of anilines is 1. The SMILES string of the molecule is CC(=O)NC[C@H]1CN(c2ccc(-c3ccc(C4=CC(CO)ON4)cc3F)cc2)C(=O)O1. The van der Waals surface area contributed by atoms with E-state index in [9.17, 15) is 14.0 Å². The lowest BCUT2D eigenvalue weighted by Crippen LogP contribution is -2.33. The van der Waals surface area contributed by atoms with Gasteiger partial charge in [-0.05, 0) is 29.8 Å². The van der Waals surface area contributed by atoms with Crippen LogP contribution in [-0.2, 0) is 14.4 Å². The highest BCUT2D eigenvalue weighted by Gasteiger charge is 2.32. The fraction of sp³-hybridized carbons (Fsp3) is 0.273. The van der Waals surface area contributed by atoms with E-state index in [1.54, 1.807) is 42.5 Å². The van der Waals surface area contributed by atoms with Crippen molar-refractivity contribution in [2.45, 2.75) is 19.1 Å². The van der Waals surface area contributed by atoms with E-state index >= 15 is 0 Å². The minimum absolute atomic E-state index is 0.165. The van der Waals surface area contributed by atoms with Crippen molar-refractivity contribution in [3.8, 4) is 11.1 Å². The number of amides is 2. The fourth-order valence-electron chi connectivity index (χ4n) is 3.47. The summed E-state index contributed by atoms with van der Waals surface area (Å²) in [5, 5.41) is 11.8. The Hall–Kier alpha value is -3.43. The van der Waals surface area contributed by atoms with Gasteiger partial charge in [0.05, 0.1) is 25.4 Å². The summed E-state index contributed by atoms with van der Waals surface area (Å²) in [5.41, 5.74) is 5.60. The predicted molar refractivity (Wildman–Crippen MR) is 111 cm³/mol. The Labute approximate surface area is 178 Å². The number of hydrogen-bond donors (Lipinski definition) is 3. The summed E-state index contributed by atoms with van der Waals surface area (Å²) in [6.45, 7) is 1.81. The molecule has 0 spiro atoms. The number of carbonyl (C=O) groups is 2. The second kappa shape index (κ2) is 8.75. The molecule has 162 valence electrons. The van der Waals surface area contributed by atoms with Crippen molar-refractivity contribution < 1.29 is 28.7 Å². The van der Waals surface area contributed by atoms with Crippen molar-refractivity contribution in [2.75, 3.05) is 24.6 Å². The monoisotopic (exact) mass is 427 g/mol. The van der Waals surface area contributed by atoms with Gasteiger partial charge in [-0.1, -0.05) is 24.3 Å². The highest BCUT2D eigenvalue weighted by atomic mass is 19.1. The van der Waals surface area contributed by atoms with Crippen LogP contribution in [0.4, 0.5) is 14.9 Å². The van der Waals surface area contributed by atoms with Crippen LogP contribution in [0.15, 0.2) is 48.5 Å². The zero-order chi connectivity index (χ0) is 22.0. The number of benzene rings is 2. The van der Waals surface area contributed by atoms with E-state index in [0.29, 0.717) is 34.6 Å². The molecule has 0 aromatic heterocycles. The van der Waals surface area contributed by atoms with Gasteiger partial charge >= 0.3 is 6.09 Å². The molecule has 0 aliphatic carbocycles. The number of aliphatic hydroxyl groups excluding tert-OH is 1. The van der Waals surface area contributed by atoms with Crippen LogP contribution in [0.25, 0.3) is 16.8 Å².